The minimum absolute atomic E-state index is 0.0175. The van der Waals surface area contributed by atoms with Gasteiger partial charge in [-0.05, 0) is 50.5 Å². The van der Waals surface area contributed by atoms with Crippen LogP contribution >= 0.6 is 34.8 Å². The molecule has 0 radical (unpaired) electrons. The number of carbonyl (C=O) groups excluding carboxylic acids is 2. The maximum absolute atomic E-state index is 13.2. The van der Waals surface area contributed by atoms with Crippen molar-refractivity contribution in [3.8, 4) is 0 Å². The summed E-state index contributed by atoms with van der Waals surface area (Å²) in [6, 6.07) is 12.0. The first kappa shape index (κ1) is 24.5. The molecule has 1 N–H and O–H groups in total. The quantitative estimate of drug-likeness (QED) is 0.496. The number of halogens is 3. The second-order valence-electron chi connectivity index (χ2n) is 7.31. The van der Waals surface area contributed by atoms with Crippen molar-refractivity contribution in [2.45, 2.75) is 58.7 Å². The van der Waals surface area contributed by atoms with E-state index in [0.717, 1.165) is 12.0 Å². The zero-order valence-corrected chi connectivity index (χ0v) is 19.7. The number of benzene rings is 2. The summed E-state index contributed by atoms with van der Waals surface area (Å²) in [7, 11) is 0. The summed E-state index contributed by atoms with van der Waals surface area (Å²) in [6.07, 6.45) is 1.49. The van der Waals surface area contributed by atoms with Gasteiger partial charge >= 0.3 is 0 Å². The fourth-order valence-electron chi connectivity index (χ4n) is 2.99. The van der Waals surface area contributed by atoms with Gasteiger partial charge in [0.25, 0.3) is 0 Å². The Kier molecular flexibility index (Phi) is 9.47. The van der Waals surface area contributed by atoms with Crippen molar-refractivity contribution in [3.05, 3.63) is 68.7 Å². The van der Waals surface area contributed by atoms with Crippen LogP contribution in [0.1, 0.15) is 44.7 Å². The molecule has 4 nitrogen and oxygen atoms in total. The molecule has 2 aromatic rings. The van der Waals surface area contributed by atoms with Crippen LogP contribution in [0.3, 0.4) is 0 Å². The average molecular weight is 470 g/mol. The van der Waals surface area contributed by atoms with E-state index in [4.69, 9.17) is 34.8 Å². The monoisotopic (exact) mass is 468 g/mol. The molecule has 0 aliphatic heterocycles. The lowest BCUT2D eigenvalue weighted by Crippen LogP contribution is -2.49. The third kappa shape index (κ3) is 6.63. The van der Waals surface area contributed by atoms with E-state index in [1.165, 1.54) is 4.90 Å². The largest absolute Gasteiger partial charge is 0.352 e. The number of nitrogens with one attached hydrogen (secondary N) is 1. The Morgan fingerprint density at radius 1 is 0.967 bits per heavy atom. The second-order valence-corrected chi connectivity index (χ2v) is 8.53. The maximum atomic E-state index is 13.2. The smallest absolute Gasteiger partial charge is 0.242 e. The minimum atomic E-state index is -0.676. The average Bonchev–Trinajstić information content (AvgIpc) is 2.72. The van der Waals surface area contributed by atoms with Crippen LogP contribution in [0, 0.1) is 0 Å². The Morgan fingerprint density at radius 3 is 2.17 bits per heavy atom. The van der Waals surface area contributed by atoms with Crippen molar-refractivity contribution in [2.75, 3.05) is 0 Å². The van der Waals surface area contributed by atoms with E-state index >= 15 is 0 Å². The Hall–Kier alpha value is -1.75. The molecule has 0 saturated carbocycles. The predicted molar refractivity (Wildman–Crippen MR) is 124 cm³/mol. The number of nitrogens with zero attached hydrogens (tertiary/aromatic N) is 1. The summed E-state index contributed by atoms with van der Waals surface area (Å²) < 4.78 is 0. The fraction of sp³-hybridized carbons (Fsp3) is 0.391. The van der Waals surface area contributed by atoms with E-state index in [-0.39, 0.29) is 30.8 Å². The first-order valence-corrected chi connectivity index (χ1v) is 11.1. The van der Waals surface area contributed by atoms with Crippen LogP contribution in [0.5, 0.6) is 0 Å². The van der Waals surface area contributed by atoms with Crippen LogP contribution in [0.15, 0.2) is 42.5 Å². The highest BCUT2D eigenvalue weighted by Crippen LogP contribution is 2.27. The normalized spacial score (nSPS) is 12.9. The summed E-state index contributed by atoms with van der Waals surface area (Å²) in [5, 5.41) is 4.48. The van der Waals surface area contributed by atoms with E-state index in [2.05, 4.69) is 5.32 Å². The SMILES string of the molecule is CC[C@@H](C)NC(=O)[C@@H](C)N(Cc1c(Cl)cccc1Cl)C(=O)CCc1ccccc1Cl. The molecule has 2 aromatic carbocycles. The third-order valence-electron chi connectivity index (χ3n) is 5.12. The van der Waals surface area contributed by atoms with Gasteiger partial charge in [-0.25, -0.2) is 0 Å². The number of amides is 2. The maximum Gasteiger partial charge on any atom is 0.242 e. The summed E-state index contributed by atoms with van der Waals surface area (Å²) in [5.41, 5.74) is 1.51. The zero-order valence-electron chi connectivity index (χ0n) is 17.4. The van der Waals surface area contributed by atoms with Crippen molar-refractivity contribution < 1.29 is 9.59 Å². The van der Waals surface area contributed by atoms with E-state index in [1.54, 1.807) is 31.2 Å². The standard InChI is InChI=1S/C23H27Cl3N2O2/c1-4-15(2)27-23(30)16(3)28(14-18-20(25)10-7-11-21(18)26)22(29)13-12-17-8-5-6-9-19(17)24/h5-11,15-16H,4,12-14H2,1-3H3,(H,27,30)/t15-,16-/m1/s1. The van der Waals surface area contributed by atoms with Crippen molar-refractivity contribution in [1.29, 1.82) is 0 Å². The van der Waals surface area contributed by atoms with Crippen LogP contribution in [0.4, 0.5) is 0 Å². The van der Waals surface area contributed by atoms with Crippen molar-refractivity contribution in [3.63, 3.8) is 0 Å². The topological polar surface area (TPSA) is 49.4 Å². The number of hydrogen-bond donors (Lipinski definition) is 1. The van der Waals surface area contributed by atoms with E-state index < -0.39 is 6.04 Å². The highest BCUT2D eigenvalue weighted by molar-refractivity contribution is 6.36. The lowest BCUT2D eigenvalue weighted by atomic mass is 10.1. The van der Waals surface area contributed by atoms with Crippen LogP contribution in [-0.4, -0.2) is 28.8 Å². The molecule has 162 valence electrons. The molecule has 0 spiro atoms. The zero-order chi connectivity index (χ0) is 22.3. The highest BCUT2D eigenvalue weighted by Gasteiger charge is 2.28. The molecule has 0 fully saturated rings. The minimum Gasteiger partial charge on any atom is -0.352 e. The Labute approximate surface area is 193 Å². The van der Waals surface area contributed by atoms with Crippen molar-refractivity contribution in [1.82, 2.24) is 10.2 Å². The van der Waals surface area contributed by atoms with Gasteiger partial charge in [-0.1, -0.05) is 66.0 Å². The Balaban J connectivity index is 2.24. The van der Waals surface area contributed by atoms with Gasteiger partial charge in [0.15, 0.2) is 0 Å². The molecule has 0 saturated heterocycles. The van der Waals surface area contributed by atoms with Gasteiger partial charge < -0.3 is 10.2 Å². The predicted octanol–water partition coefficient (Wildman–Crippen LogP) is 5.91. The van der Waals surface area contributed by atoms with E-state index in [1.807, 2.05) is 32.0 Å². The molecule has 0 bridgehead atoms. The first-order valence-electron chi connectivity index (χ1n) is 10.0. The summed E-state index contributed by atoms with van der Waals surface area (Å²) >= 11 is 18.9. The van der Waals surface area contributed by atoms with E-state index in [9.17, 15) is 9.59 Å². The molecule has 0 unspecified atom stereocenters. The molecule has 0 heterocycles. The highest BCUT2D eigenvalue weighted by atomic mass is 35.5. The fourth-order valence-corrected chi connectivity index (χ4v) is 3.74. The molecule has 0 aliphatic rings. The number of aryl methyl sites for hydroxylation is 1. The number of carbonyl (C=O) groups is 2. The summed E-state index contributed by atoms with van der Waals surface area (Å²) in [4.78, 5) is 27.5. The van der Waals surface area contributed by atoms with Crippen molar-refractivity contribution in [2.24, 2.45) is 0 Å². The Morgan fingerprint density at radius 2 is 1.57 bits per heavy atom. The molecule has 7 heteroatoms. The Bertz CT molecular complexity index is 868. The van der Waals surface area contributed by atoms with Gasteiger partial charge in [0, 0.05) is 39.6 Å². The molecular formula is C23H27Cl3N2O2. The molecule has 0 aromatic heterocycles. The summed E-state index contributed by atoms with van der Waals surface area (Å²) in [5.74, 6) is -0.378. The van der Waals surface area contributed by atoms with Gasteiger partial charge in [0.05, 0.1) is 0 Å². The molecule has 30 heavy (non-hydrogen) atoms. The van der Waals surface area contributed by atoms with E-state index in [0.29, 0.717) is 27.1 Å². The lowest BCUT2D eigenvalue weighted by molar-refractivity contribution is -0.140. The van der Waals surface area contributed by atoms with Crippen LogP contribution in [0.2, 0.25) is 15.1 Å². The lowest BCUT2D eigenvalue weighted by Gasteiger charge is -2.30. The molecule has 0 aliphatic carbocycles. The van der Waals surface area contributed by atoms with Crippen molar-refractivity contribution >= 4 is 46.6 Å². The molecular weight excluding hydrogens is 443 g/mol. The third-order valence-corrected chi connectivity index (χ3v) is 6.20. The summed E-state index contributed by atoms with van der Waals surface area (Å²) in [6.45, 7) is 5.79. The van der Waals surface area contributed by atoms with Crippen LogP contribution in [-0.2, 0) is 22.6 Å². The second kappa shape index (κ2) is 11.6. The molecule has 2 atom stereocenters. The molecule has 2 rings (SSSR count). The van der Waals surface area contributed by atoms with Gasteiger partial charge in [0.1, 0.15) is 6.04 Å². The number of hydrogen-bond acceptors (Lipinski definition) is 2. The molecule has 2 amide bonds. The van der Waals surface area contributed by atoms with Crippen LogP contribution in [0.25, 0.3) is 0 Å². The van der Waals surface area contributed by atoms with Gasteiger partial charge in [0.2, 0.25) is 11.8 Å². The first-order chi connectivity index (χ1) is 14.2. The van der Waals surface area contributed by atoms with Gasteiger partial charge in [-0.3, -0.25) is 9.59 Å². The van der Waals surface area contributed by atoms with Gasteiger partial charge in [-0.2, -0.15) is 0 Å². The number of rotatable bonds is 9. The van der Waals surface area contributed by atoms with Gasteiger partial charge in [-0.15, -0.1) is 0 Å². The van der Waals surface area contributed by atoms with Crippen LogP contribution < -0.4 is 5.32 Å².